The van der Waals surface area contributed by atoms with Gasteiger partial charge in [-0.25, -0.2) is 4.98 Å². The fourth-order valence-electron chi connectivity index (χ4n) is 1.19. The van der Waals surface area contributed by atoms with E-state index < -0.39 is 0 Å². The van der Waals surface area contributed by atoms with Crippen molar-refractivity contribution in [1.82, 2.24) is 4.98 Å². The van der Waals surface area contributed by atoms with Crippen molar-refractivity contribution in [2.24, 2.45) is 0 Å². The number of aryl methyl sites for hydroxylation is 1. The monoisotopic (exact) mass is 299 g/mol. The minimum atomic E-state index is 0.994. The molecular weight excluding hydrogens is 290 g/mol. The first-order chi connectivity index (χ1) is 7.25. The van der Waals surface area contributed by atoms with E-state index in [1.54, 1.807) is 23.1 Å². The Bertz CT molecular complexity index is 453. The van der Waals surface area contributed by atoms with E-state index >= 15 is 0 Å². The maximum absolute atomic E-state index is 4.36. The Morgan fingerprint density at radius 2 is 2.40 bits per heavy atom. The zero-order chi connectivity index (χ0) is 10.7. The smallest absolute Gasteiger partial charge is 0.0992 e. The lowest BCUT2D eigenvalue weighted by Gasteiger charge is -2.01. The number of hydrogen-bond donors (Lipinski definition) is 0. The fraction of sp³-hybridized carbons (Fsp3) is 0.182. The third-order valence-corrected chi connectivity index (χ3v) is 4.97. The van der Waals surface area contributed by atoms with Crippen LogP contribution in [0.1, 0.15) is 10.4 Å². The summed E-state index contributed by atoms with van der Waals surface area (Å²) in [5.41, 5.74) is 1.25. The topological polar surface area (TPSA) is 12.9 Å². The van der Waals surface area contributed by atoms with Gasteiger partial charge in [0.15, 0.2) is 0 Å². The minimum absolute atomic E-state index is 0.994. The van der Waals surface area contributed by atoms with E-state index in [1.165, 1.54) is 14.9 Å². The molecule has 0 amide bonds. The molecule has 0 radical (unpaired) electrons. The summed E-state index contributed by atoms with van der Waals surface area (Å²) >= 11 is 7.03. The first-order valence-electron chi connectivity index (χ1n) is 4.53. The van der Waals surface area contributed by atoms with Gasteiger partial charge in [-0.2, -0.15) is 0 Å². The highest BCUT2D eigenvalue weighted by molar-refractivity contribution is 9.10. The van der Waals surface area contributed by atoms with Crippen molar-refractivity contribution in [2.75, 3.05) is 0 Å². The highest BCUT2D eigenvalue weighted by Gasteiger charge is 2.02. The number of nitrogens with zero attached hydrogens (tertiary/aromatic N) is 1. The Labute approximate surface area is 106 Å². The molecule has 2 heterocycles. The highest BCUT2D eigenvalue weighted by Crippen LogP contribution is 2.28. The summed E-state index contributed by atoms with van der Waals surface area (Å²) < 4.78 is 1.17. The van der Waals surface area contributed by atoms with Crippen LogP contribution in [0.15, 0.2) is 39.3 Å². The van der Waals surface area contributed by atoms with E-state index in [0.717, 1.165) is 10.8 Å². The standard InChI is InChI=1S/C11H10BrNS2/c1-8-3-2-4-13-11(8)15-7-10-5-9(12)6-14-10/h2-6H,7H2,1H3. The summed E-state index contributed by atoms with van der Waals surface area (Å²) in [5.74, 6) is 0.994. The molecule has 0 N–H and O–H groups in total. The largest absolute Gasteiger partial charge is 0.250 e. The van der Waals surface area contributed by atoms with Gasteiger partial charge < -0.3 is 0 Å². The Morgan fingerprint density at radius 3 is 3.07 bits per heavy atom. The van der Waals surface area contributed by atoms with Gasteiger partial charge in [-0.05, 0) is 40.5 Å². The van der Waals surface area contributed by atoms with E-state index in [4.69, 9.17) is 0 Å². The molecule has 0 aliphatic carbocycles. The molecule has 0 aliphatic rings. The average Bonchev–Trinajstić information content (AvgIpc) is 2.63. The third kappa shape index (κ3) is 3.06. The van der Waals surface area contributed by atoms with Gasteiger partial charge in [0, 0.05) is 26.7 Å². The SMILES string of the molecule is Cc1cccnc1SCc1cc(Br)cs1. The van der Waals surface area contributed by atoms with Crippen LogP contribution in [0.5, 0.6) is 0 Å². The molecule has 4 heteroatoms. The van der Waals surface area contributed by atoms with Gasteiger partial charge in [-0.15, -0.1) is 23.1 Å². The lowest BCUT2D eigenvalue weighted by molar-refractivity contribution is 1.08. The molecule has 0 aromatic carbocycles. The molecule has 0 fully saturated rings. The lowest BCUT2D eigenvalue weighted by Crippen LogP contribution is -1.84. The summed E-state index contributed by atoms with van der Waals surface area (Å²) in [6.45, 7) is 2.10. The number of pyridine rings is 1. The molecule has 0 spiro atoms. The number of rotatable bonds is 3. The van der Waals surface area contributed by atoms with Crippen molar-refractivity contribution in [3.63, 3.8) is 0 Å². The van der Waals surface area contributed by atoms with Gasteiger partial charge in [0.2, 0.25) is 0 Å². The van der Waals surface area contributed by atoms with Gasteiger partial charge in [0.05, 0.1) is 5.03 Å². The molecule has 78 valence electrons. The van der Waals surface area contributed by atoms with E-state index in [1.807, 2.05) is 12.3 Å². The van der Waals surface area contributed by atoms with Gasteiger partial charge >= 0.3 is 0 Å². The first-order valence-corrected chi connectivity index (χ1v) is 7.19. The first kappa shape index (κ1) is 11.2. The zero-order valence-electron chi connectivity index (χ0n) is 8.24. The molecule has 2 aromatic rings. The van der Waals surface area contributed by atoms with Crippen LogP contribution in [0.25, 0.3) is 0 Å². The van der Waals surface area contributed by atoms with Crippen molar-refractivity contribution >= 4 is 39.0 Å². The van der Waals surface area contributed by atoms with Crippen LogP contribution in [0.2, 0.25) is 0 Å². The van der Waals surface area contributed by atoms with Crippen LogP contribution in [0.4, 0.5) is 0 Å². The Hall–Kier alpha value is -0.320. The fourth-order valence-corrected chi connectivity index (χ4v) is 3.67. The van der Waals surface area contributed by atoms with Gasteiger partial charge in [0.25, 0.3) is 0 Å². The highest BCUT2D eigenvalue weighted by atomic mass is 79.9. The summed E-state index contributed by atoms with van der Waals surface area (Å²) in [4.78, 5) is 5.73. The predicted molar refractivity (Wildman–Crippen MR) is 70.6 cm³/mol. The van der Waals surface area contributed by atoms with Gasteiger partial charge in [-0.3, -0.25) is 0 Å². The second-order valence-corrected chi connectivity index (χ2v) is 6.02. The predicted octanol–water partition coefficient (Wildman–Crippen LogP) is 4.51. The van der Waals surface area contributed by atoms with Crippen molar-refractivity contribution < 1.29 is 0 Å². The Kier molecular flexibility index (Phi) is 3.83. The van der Waals surface area contributed by atoms with E-state index in [2.05, 4.69) is 45.4 Å². The molecule has 2 aromatic heterocycles. The summed E-state index contributed by atoms with van der Waals surface area (Å²) in [7, 11) is 0. The van der Waals surface area contributed by atoms with E-state index in [0.29, 0.717) is 0 Å². The van der Waals surface area contributed by atoms with Crippen LogP contribution < -0.4 is 0 Å². The summed E-state index contributed by atoms with van der Waals surface area (Å²) in [5, 5.41) is 3.24. The van der Waals surface area contributed by atoms with Crippen LogP contribution in [-0.2, 0) is 5.75 Å². The van der Waals surface area contributed by atoms with Gasteiger partial charge in [0.1, 0.15) is 0 Å². The van der Waals surface area contributed by atoms with Gasteiger partial charge in [-0.1, -0.05) is 6.07 Å². The number of aromatic nitrogens is 1. The van der Waals surface area contributed by atoms with Crippen molar-refractivity contribution in [3.8, 4) is 0 Å². The molecule has 15 heavy (non-hydrogen) atoms. The molecule has 0 saturated heterocycles. The molecule has 1 nitrogen and oxygen atoms in total. The second kappa shape index (κ2) is 5.14. The zero-order valence-corrected chi connectivity index (χ0v) is 11.5. The average molecular weight is 300 g/mol. The second-order valence-electron chi connectivity index (χ2n) is 3.15. The van der Waals surface area contributed by atoms with E-state index in [-0.39, 0.29) is 0 Å². The summed E-state index contributed by atoms with van der Waals surface area (Å²) in [6, 6.07) is 6.23. The van der Waals surface area contributed by atoms with Crippen molar-refractivity contribution in [2.45, 2.75) is 17.7 Å². The number of thiophene rings is 1. The molecule has 0 aliphatic heterocycles. The maximum atomic E-state index is 4.36. The number of hydrogen-bond acceptors (Lipinski definition) is 3. The molecule has 0 bridgehead atoms. The molecule has 0 atom stereocenters. The van der Waals surface area contributed by atoms with Crippen LogP contribution >= 0.6 is 39.0 Å². The molecule has 2 rings (SSSR count). The van der Waals surface area contributed by atoms with Crippen LogP contribution in [-0.4, -0.2) is 4.98 Å². The van der Waals surface area contributed by atoms with Crippen LogP contribution in [0.3, 0.4) is 0 Å². The molecule has 0 unspecified atom stereocenters. The minimum Gasteiger partial charge on any atom is -0.250 e. The normalized spacial score (nSPS) is 10.5. The lowest BCUT2D eigenvalue weighted by atomic mass is 10.3. The maximum Gasteiger partial charge on any atom is 0.0992 e. The third-order valence-electron chi connectivity index (χ3n) is 1.93. The molecular formula is C11H10BrNS2. The molecule has 0 saturated carbocycles. The van der Waals surface area contributed by atoms with Crippen molar-refractivity contribution in [1.29, 1.82) is 0 Å². The number of thioether (sulfide) groups is 1. The Morgan fingerprint density at radius 1 is 1.53 bits per heavy atom. The van der Waals surface area contributed by atoms with E-state index in [9.17, 15) is 0 Å². The number of halogens is 1. The van der Waals surface area contributed by atoms with Crippen LogP contribution in [0, 0.1) is 6.92 Å². The Balaban J connectivity index is 2.02. The van der Waals surface area contributed by atoms with Crippen molar-refractivity contribution in [3.05, 3.63) is 44.7 Å². The summed E-state index contributed by atoms with van der Waals surface area (Å²) in [6.07, 6.45) is 1.85. The quantitative estimate of drug-likeness (QED) is 0.774.